The number of halogens is 1. The number of amides is 1. The minimum Gasteiger partial charge on any atom is -0.326 e. The number of nitrogens with one attached hydrogen (secondary N) is 1. The van der Waals surface area contributed by atoms with E-state index < -0.39 is 0 Å². The van der Waals surface area contributed by atoms with Gasteiger partial charge in [-0.3, -0.25) is 4.79 Å². The number of hydrogen-bond donors (Lipinski definition) is 1. The molecule has 0 saturated carbocycles. The average molecular weight is 321 g/mol. The molecular formula is C16H17ClN2OS. The zero-order chi connectivity index (χ0) is 15.0. The van der Waals surface area contributed by atoms with Crippen LogP contribution in [0.4, 0.5) is 5.69 Å². The topological polar surface area (TPSA) is 42.0 Å². The van der Waals surface area contributed by atoms with Crippen molar-refractivity contribution in [2.45, 2.75) is 33.1 Å². The van der Waals surface area contributed by atoms with Crippen LogP contribution in [0.5, 0.6) is 0 Å². The molecule has 0 aliphatic heterocycles. The second-order valence-electron chi connectivity index (χ2n) is 5.49. The van der Waals surface area contributed by atoms with Crippen molar-refractivity contribution < 1.29 is 4.79 Å². The second-order valence-corrected chi connectivity index (χ2v) is 7.22. The van der Waals surface area contributed by atoms with Crippen LogP contribution in [0.1, 0.15) is 27.6 Å². The fraction of sp³-hybridized carbons (Fsp3) is 0.375. The molecule has 1 aromatic heterocycles. The Hall–Kier alpha value is -1.39. The molecule has 3 rings (SSSR count). The smallest absolute Gasteiger partial charge is 0.227 e. The Balaban J connectivity index is 1.72. The molecule has 1 atom stereocenters. The van der Waals surface area contributed by atoms with Crippen LogP contribution in [0.25, 0.3) is 0 Å². The number of anilines is 1. The quantitative estimate of drug-likeness (QED) is 0.903. The second kappa shape index (κ2) is 5.78. The molecule has 110 valence electrons. The molecule has 1 heterocycles. The standard InChI is InChI=1S/C16H17ClN2OS/c1-9-7-12(17)4-6-13(9)19-16(20)11-3-5-14-15(8-11)21-10(2)18-14/h4,6-7,11H,3,5,8H2,1-2H3,(H,19,20). The molecule has 21 heavy (non-hydrogen) atoms. The van der Waals surface area contributed by atoms with Gasteiger partial charge in [-0.25, -0.2) is 4.98 Å². The van der Waals surface area contributed by atoms with E-state index in [4.69, 9.17) is 11.6 Å². The van der Waals surface area contributed by atoms with Gasteiger partial charge >= 0.3 is 0 Å². The fourth-order valence-corrected chi connectivity index (χ4v) is 4.02. The molecule has 0 saturated heterocycles. The van der Waals surface area contributed by atoms with Crippen molar-refractivity contribution in [1.29, 1.82) is 0 Å². The van der Waals surface area contributed by atoms with Crippen LogP contribution in [-0.2, 0) is 17.6 Å². The third-order valence-corrected chi connectivity index (χ3v) is 5.13. The first-order chi connectivity index (χ1) is 10.0. The van der Waals surface area contributed by atoms with E-state index in [1.54, 1.807) is 17.4 Å². The molecule has 0 radical (unpaired) electrons. The molecule has 1 aliphatic rings. The van der Waals surface area contributed by atoms with Gasteiger partial charge in [0, 0.05) is 21.5 Å². The van der Waals surface area contributed by atoms with Crippen LogP contribution < -0.4 is 5.32 Å². The average Bonchev–Trinajstić information content (AvgIpc) is 2.80. The van der Waals surface area contributed by atoms with Crippen molar-refractivity contribution in [3.63, 3.8) is 0 Å². The maximum Gasteiger partial charge on any atom is 0.227 e. The molecule has 5 heteroatoms. The van der Waals surface area contributed by atoms with Crippen molar-refractivity contribution in [3.05, 3.63) is 44.4 Å². The molecule has 1 amide bonds. The van der Waals surface area contributed by atoms with E-state index in [1.165, 1.54) is 10.6 Å². The third kappa shape index (κ3) is 3.11. The van der Waals surface area contributed by atoms with Gasteiger partial charge in [-0.05, 0) is 56.9 Å². The highest BCUT2D eigenvalue weighted by molar-refractivity contribution is 7.11. The molecule has 1 aromatic carbocycles. The van der Waals surface area contributed by atoms with Crippen LogP contribution in [-0.4, -0.2) is 10.9 Å². The number of fused-ring (bicyclic) bond motifs is 1. The highest BCUT2D eigenvalue weighted by Gasteiger charge is 2.27. The van der Waals surface area contributed by atoms with Crippen LogP contribution >= 0.6 is 22.9 Å². The van der Waals surface area contributed by atoms with Crippen molar-refractivity contribution in [2.75, 3.05) is 5.32 Å². The highest BCUT2D eigenvalue weighted by Crippen LogP contribution is 2.30. The van der Waals surface area contributed by atoms with Gasteiger partial charge in [0.2, 0.25) is 5.91 Å². The van der Waals surface area contributed by atoms with Gasteiger partial charge < -0.3 is 5.32 Å². The lowest BCUT2D eigenvalue weighted by atomic mass is 9.90. The molecule has 0 spiro atoms. The Bertz CT molecular complexity index is 696. The van der Waals surface area contributed by atoms with Gasteiger partial charge in [0.05, 0.1) is 10.7 Å². The number of aryl methyl sites for hydroxylation is 3. The summed E-state index contributed by atoms with van der Waals surface area (Å²) < 4.78 is 0. The maximum absolute atomic E-state index is 12.5. The molecule has 1 N–H and O–H groups in total. The van der Waals surface area contributed by atoms with E-state index in [0.29, 0.717) is 5.02 Å². The number of carbonyl (C=O) groups excluding carboxylic acids is 1. The number of aromatic nitrogens is 1. The van der Waals surface area contributed by atoms with Crippen molar-refractivity contribution in [3.8, 4) is 0 Å². The summed E-state index contributed by atoms with van der Waals surface area (Å²) >= 11 is 7.66. The highest BCUT2D eigenvalue weighted by atomic mass is 35.5. The Labute approximate surface area is 133 Å². The van der Waals surface area contributed by atoms with Gasteiger partial charge in [0.1, 0.15) is 0 Å². The van der Waals surface area contributed by atoms with Gasteiger partial charge in [-0.1, -0.05) is 11.6 Å². The van der Waals surface area contributed by atoms with E-state index in [1.807, 2.05) is 26.0 Å². The summed E-state index contributed by atoms with van der Waals surface area (Å²) in [5, 5.41) is 4.81. The predicted octanol–water partition coefficient (Wildman–Crippen LogP) is 4.16. The Morgan fingerprint density at radius 3 is 3.00 bits per heavy atom. The van der Waals surface area contributed by atoms with Gasteiger partial charge in [-0.15, -0.1) is 11.3 Å². The third-order valence-electron chi connectivity index (χ3n) is 3.86. The van der Waals surface area contributed by atoms with Crippen LogP contribution in [0, 0.1) is 19.8 Å². The van der Waals surface area contributed by atoms with Crippen molar-refractivity contribution in [1.82, 2.24) is 4.98 Å². The molecule has 2 aromatic rings. The number of nitrogens with zero attached hydrogens (tertiary/aromatic N) is 1. The molecule has 3 nitrogen and oxygen atoms in total. The summed E-state index contributed by atoms with van der Waals surface area (Å²) in [5.74, 6) is 0.129. The summed E-state index contributed by atoms with van der Waals surface area (Å²) in [7, 11) is 0. The number of benzene rings is 1. The first kappa shape index (κ1) is 14.5. The minimum absolute atomic E-state index is 0.0347. The largest absolute Gasteiger partial charge is 0.326 e. The number of thiazole rings is 1. The Kier molecular flexibility index (Phi) is 4.00. The summed E-state index contributed by atoms with van der Waals surface area (Å²) in [4.78, 5) is 18.3. The van der Waals surface area contributed by atoms with E-state index >= 15 is 0 Å². The minimum atomic E-state index is 0.0347. The SMILES string of the molecule is Cc1nc2c(s1)CC(C(=O)Nc1ccc(Cl)cc1C)CC2. The molecular weight excluding hydrogens is 304 g/mol. The summed E-state index contributed by atoms with van der Waals surface area (Å²) in [5.41, 5.74) is 3.01. The van der Waals surface area contributed by atoms with Gasteiger partial charge in [0.25, 0.3) is 0 Å². The van der Waals surface area contributed by atoms with Gasteiger partial charge in [0.15, 0.2) is 0 Å². The number of hydrogen-bond acceptors (Lipinski definition) is 3. The number of rotatable bonds is 2. The van der Waals surface area contributed by atoms with Gasteiger partial charge in [-0.2, -0.15) is 0 Å². The lowest BCUT2D eigenvalue weighted by Gasteiger charge is -2.21. The zero-order valence-corrected chi connectivity index (χ0v) is 13.6. The van der Waals surface area contributed by atoms with Crippen molar-refractivity contribution in [2.24, 2.45) is 5.92 Å². The summed E-state index contributed by atoms with van der Waals surface area (Å²) in [6.45, 7) is 3.97. The van der Waals surface area contributed by atoms with E-state index in [9.17, 15) is 4.79 Å². The van der Waals surface area contributed by atoms with Crippen LogP contribution in [0.3, 0.4) is 0 Å². The normalized spacial score (nSPS) is 17.4. The lowest BCUT2D eigenvalue weighted by Crippen LogP contribution is -2.28. The fourth-order valence-electron chi connectivity index (χ4n) is 2.73. The molecule has 1 unspecified atom stereocenters. The summed E-state index contributed by atoms with van der Waals surface area (Å²) in [6.07, 6.45) is 2.57. The monoisotopic (exact) mass is 320 g/mol. The van der Waals surface area contributed by atoms with Crippen molar-refractivity contribution >= 4 is 34.5 Å². The lowest BCUT2D eigenvalue weighted by molar-refractivity contribution is -0.120. The van der Waals surface area contributed by atoms with E-state index in [-0.39, 0.29) is 11.8 Å². The molecule has 1 aliphatic carbocycles. The first-order valence-corrected chi connectivity index (χ1v) is 8.24. The van der Waals surface area contributed by atoms with Crippen LogP contribution in [0.15, 0.2) is 18.2 Å². The first-order valence-electron chi connectivity index (χ1n) is 7.05. The Morgan fingerprint density at radius 1 is 1.43 bits per heavy atom. The predicted molar refractivity (Wildman–Crippen MR) is 87.2 cm³/mol. The van der Waals surface area contributed by atoms with E-state index in [2.05, 4.69) is 10.3 Å². The summed E-state index contributed by atoms with van der Waals surface area (Å²) in [6, 6.07) is 5.53. The maximum atomic E-state index is 12.5. The zero-order valence-electron chi connectivity index (χ0n) is 12.1. The number of carbonyl (C=O) groups is 1. The van der Waals surface area contributed by atoms with E-state index in [0.717, 1.165) is 35.5 Å². The molecule has 0 fully saturated rings. The van der Waals surface area contributed by atoms with Crippen LogP contribution in [0.2, 0.25) is 5.02 Å². The Morgan fingerprint density at radius 2 is 2.24 bits per heavy atom. The molecule has 0 bridgehead atoms.